The number of nitrogens with zero attached hydrogens (tertiary/aromatic N) is 1. The monoisotopic (exact) mass is 450 g/mol. The number of carbonyl (C=O) groups is 1. The van der Waals surface area contributed by atoms with Crippen molar-refractivity contribution in [1.82, 2.24) is 10.2 Å². The van der Waals surface area contributed by atoms with Gasteiger partial charge in [0.2, 0.25) is 5.91 Å². The Hall–Kier alpha value is -2.58. The van der Waals surface area contributed by atoms with E-state index < -0.39 is 17.2 Å². The van der Waals surface area contributed by atoms with Crippen LogP contribution in [-0.4, -0.2) is 51.8 Å². The van der Waals surface area contributed by atoms with E-state index in [2.05, 4.69) is 5.32 Å². The summed E-state index contributed by atoms with van der Waals surface area (Å²) >= 11 is 0. The third kappa shape index (κ3) is 5.07. The maximum atomic E-state index is 13.5. The van der Waals surface area contributed by atoms with Crippen molar-refractivity contribution < 1.29 is 27.4 Å². The van der Waals surface area contributed by atoms with Crippen LogP contribution in [-0.2, 0) is 21.1 Å². The predicted octanol–water partition coefficient (Wildman–Crippen LogP) is 4.18. The molecule has 0 bridgehead atoms. The molecule has 1 fully saturated rings. The molecular formula is C24H29F3N2O3. The van der Waals surface area contributed by atoms with Crippen molar-refractivity contribution in [1.29, 1.82) is 0 Å². The van der Waals surface area contributed by atoms with Crippen LogP contribution in [0.25, 0.3) is 0 Å². The largest absolute Gasteiger partial charge is 0.496 e. The predicted molar refractivity (Wildman–Crippen MR) is 116 cm³/mol. The lowest BCUT2D eigenvalue weighted by atomic mass is 9.73. The van der Waals surface area contributed by atoms with Gasteiger partial charge in [-0.15, -0.1) is 0 Å². The molecule has 1 aliphatic heterocycles. The lowest BCUT2D eigenvalue weighted by Gasteiger charge is -2.37. The van der Waals surface area contributed by atoms with Crippen LogP contribution in [0.3, 0.4) is 0 Å². The Kier molecular flexibility index (Phi) is 7.46. The van der Waals surface area contributed by atoms with Crippen LogP contribution in [0.4, 0.5) is 13.2 Å². The molecule has 1 unspecified atom stereocenters. The molecule has 5 nitrogen and oxygen atoms in total. The summed E-state index contributed by atoms with van der Waals surface area (Å²) in [6, 6.07) is 12.5. The molecule has 174 valence electrons. The minimum Gasteiger partial charge on any atom is -0.496 e. The van der Waals surface area contributed by atoms with Gasteiger partial charge in [0.15, 0.2) is 0 Å². The molecule has 1 heterocycles. The Morgan fingerprint density at radius 3 is 2.47 bits per heavy atom. The molecule has 1 atom stereocenters. The van der Waals surface area contributed by atoms with Gasteiger partial charge in [-0.1, -0.05) is 36.4 Å². The molecule has 0 radical (unpaired) electrons. The van der Waals surface area contributed by atoms with Gasteiger partial charge in [0, 0.05) is 25.3 Å². The first-order valence-electron chi connectivity index (χ1n) is 10.5. The maximum Gasteiger partial charge on any atom is 0.416 e. The van der Waals surface area contributed by atoms with E-state index in [9.17, 15) is 18.0 Å². The first-order chi connectivity index (χ1) is 15.2. The number of nitrogens with one attached hydrogen (secondary N) is 1. The summed E-state index contributed by atoms with van der Waals surface area (Å²) in [5.41, 5.74) is -0.544. The average Bonchev–Trinajstić information content (AvgIpc) is 2.79. The molecule has 32 heavy (non-hydrogen) atoms. The van der Waals surface area contributed by atoms with Crippen LogP contribution in [0.5, 0.6) is 5.75 Å². The SMILES string of the molecule is COc1ccccc1C(CNC(=O)C1(c2cccc(C(F)(F)F)c2)CCOCC1)N(C)C. The van der Waals surface area contributed by atoms with Gasteiger partial charge in [0.25, 0.3) is 0 Å². The highest BCUT2D eigenvalue weighted by Crippen LogP contribution is 2.38. The maximum absolute atomic E-state index is 13.5. The fourth-order valence-electron chi connectivity index (χ4n) is 4.23. The fourth-order valence-corrected chi connectivity index (χ4v) is 4.23. The van der Waals surface area contributed by atoms with Crippen LogP contribution in [0.1, 0.15) is 35.6 Å². The van der Waals surface area contributed by atoms with Gasteiger partial charge in [-0.2, -0.15) is 13.2 Å². The first-order valence-corrected chi connectivity index (χ1v) is 10.5. The number of hydrogen-bond acceptors (Lipinski definition) is 4. The molecule has 0 aliphatic carbocycles. The van der Waals surface area contributed by atoms with E-state index in [0.717, 1.165) is 17.7 Å². The minimum absolute atomic E-state index is 0.173. The summed E-state index contributed by atoms with van der Waals surface area (Å²) in [7, 11) is 5.40. The number of rotatable bonds is 7. The highest BCUT2D eigenvalue weighted by molar-refractivity contribution is 5.88. The van der Waals surface area contributed by atoms with Gasteiger partial charge in [0.1, 0.15) is 5.75 Å². The third-order valence-corrected chi connectivity index (χ3v) is 6.10. The van der Waals surface area contributed by atoms with Crippen LogP contribution in [0, 0.1) is 0 Å². The van der Waals surface area contributed by atoms with Gasteiger partial charge in [0.05, 0.1) is 24.1 Å². The molecule has 8 heteroatoms. The number of benzene rings is 2. The molecule has 1 N–H and O–H groups in total. The number of halogens is 3. The zero-order valence-corrected chi connectivity index (χ0v) is 18.5. The second-order valence-corrected chi connectivity index (χ2v) is 8.20. The normalized spacial score (nSPS) is 17.1. The van der Waals surface area contributed by atoms with Crippen molar-refractivity contribution in [2.45, 2.75) is 30.5 Å². The van der Waals surface area contributed by atoms with Crippen molar-refractivity contribution in [3.63, 3.8) is 0 Å². The summed E-state index contributed by atoms with van der Waals surface area (Å²) in [4.78, 5) is 15.5. The molecule has 1 aliphatic rings. The highest BCUT2D eigenvalue weighted by Gasteiger charge is 2.43. The van der Waals surface area contributed by atoms with Gasteiger partial charge in [-0.05, 0) is 44.6 Å². The Bertz CT molecular complexity index is 925. The molecule has 0 saturated carbocycles. The van der Waals surface area contributed by atoms with E-state index in [1.54, 1.807) is 13.2 Å². The molecule has 2 aromatic carbocycles. The first kappa shape index (κ1) is 24.1. The van der Waals surface area contributed by atoms with E-state index >= 15 is 0 Å². The smallest absolute Gasteiger partial charge is 0.416 e. The number of para-hydroxylation sites is 1. The van der Waals surface area contributed by atoms with Gasteiger partial charge in [-0.3, -0.25) is 4.79 Å². The molecular weight excluding hydrogens is 421 g/mol. The molecule has 2 aromatic rings. The summed E-state index contributed by atoms with van der Waals surface area (Å²) in [6.45, 7) is 0.911. The van der Waals surface area contributed by atoms with Gasteiger partial charge < -0.3 is 19.7 Å². The number of carbonyl (C=O) groups excluding carboxylic acids is 1. The minimum atomic E-state index is -4.47. The van der Waals surface area contributed by atoms with Gasteiger partial charge >= 0.3 is 6.18 Å². The Morgan fingerprint density at radius 2 is 1.84 bits per heavy atom. The third-order valence-electron chi connectivity index (χ3n) is 6.10. The average molecular weight is 451 g/mol. The lowest BCUT2D eigenvalue weighted by molar-refractivity contribution is -0.138. The van der Waals surface area contributed by atoms with Gasteiger partial charge in [-0.25, -0.2) is 0 Å². The van der Waals surface area contributed by atoms with Crippen LogP contribution < -0.4 is 10.1 Å². The van der Waals surface area contributed by atoms with Crippen molar-refractivity contribution in [3.05, 3.63) is 65.2 Å². The van der Waals surface area contributed by atoms with Crippen LogP contribution in [0.2, 0.25) is 0 Å². The molecule has 1 amide bonds. The zero-order chi connectivity index (χ0) is 23.4. The Labute approximate surface area is 186 Å². The number of methoxy groups -OCH3 is 1. The molecule has 0 spiro atoms. The summed E-state index contributed by atoms with van der Waals surface area (Å²) in [5, 5.41) is 3.01. The van der Waals surface area contributed by atoms with Crippen molar-refractivity contribution in [2.75, 3.05) is 41.0 Å². The molecule has 3 rings (SSSR count). The quantitative estimate of drug-likeness (QED) is 0.688. The van der Waals surface area contributed by atoms with Crippen molar-refractivity contribution in [2.24, 2.45) is 0 Å². The van der Waals surface area contributed by atoms with E-state index in [0.29, 0.717) is 37.4 Å². The van der Waals surface area contributed by atoms with Crippen LogP contribution >= 0.6 is 0 Å². The second-order valence-electron chi connectivity index (χ2n) is 8.20. The lowest BCUT2D eigenvalue weighted by Crippen LogP contribution is -2.49. The summed E-state index contributed by atoms with van der Waals surface area (Å²) < 4.78 is 50.9. The second kappa shape index (κ2) is 9.92. The van der Waals surface area contributed by atoms with Crippen molar-refractivity contribution in [3.8, 4) is 5.75 Å². The molecule has 0 aromatic heterocycles. The van der Waals surface area contributed by atoms with E-state index in [-0.39, 0.29) is 18.5 Å². The van der Waals surface area contributed by atoms with E-state index in [1.807, 2.05) is 43.3 Å². The fraction of sp³-hybridized carbons (Fsp3) is 0.458. The Balaban J connectivity index is 1.88. The number of likely N-dealkylation sites (N-methyl/N-ethyl adjacent to an activating group) is 1. The van der Waals surface area contributed by atoms with Crippen molar-refractivity contribution >= 4 is 5.91 Å². The number of alkyl halides is 3. The van der Waals surface area contributed by atoms with E-state index in [4.69, 9.17) is 9.47 Å². The van der Waals surface area contributed by atoms with Crippen LogP contribution in [0.15, 0.2) is 48.5 Å². The summed E-state index contributed by atoms with van der Waals surface area (Å²) in [5.74, 6) is 0.418. The topological polar surface area (TPSA) is 50.8 Å². The number of ether oxygens (including phenoxy) is 2. The summed E-state index contributed by atoms with van der Waals surface area (Å²) in [6.07, 6.45) is -3.83. The standard InChI is InChI=1S/C24H29F3N2O3/c1-29(2)20(19-9-4-5-10-21(19)31-3)16-28-22(30)23(11-13-32-14-12-23)17-7-6-8-18(15-17)24(25,26)27/h4-10,15,20H,11-14,16H2,1-3H3,(H,28,30). The molecule has 1 saturated heterocycles. The zero-order valence-electron chi connectivity index (χ0n) is 18.5. The highest BCUT2D eigenvalue weighted by atomic mass is 19.4. The number of hydrogen-bond donors (Lipinski definition) is 1. The number of amides is 1. The Morgan fingerprint density at radius 1 is 1.16 bits per heavy atom. The van der Waals surface area contributed by atoms with E-state index in [1.165, 1.54) is 6.07 Å².